The van der Waals surface area contributed by atoms with Gasteiger partial charge in [0.2, 0.25) is 5.95 Å². The molecule has 8 heteroatoms. The van der Waals surface area contributed by atoms with E-state index in [1.165, 1.54) is 0 Å². The fourth-order valence-corrected chi connectivity index (χ4v) is 2.24. The van der Waals surface area contributed by atoms with Crippen molar-refractivity contribution < 1.29 is 4.79 Å². The van der Waals surface area contributed by atoms with E-state index in [1.54, 1.807) is 22.9 Å². The van der Waals surface area contributed by atoms with Gasteiger partial charge >= 0.3 is 6.03 Å². The lowest BCUT2D eigenvalue weighted by Crippen LogP contribution is -2.28. The topological polar surface area (TPSA) is 71.8 Å². The summed E-state index contributed by atoms with van der Waals surface area (Å²) in [6, 6.07) is 4.99. The summed E-state index contributed by atoms with van der Waals surface area (Å²) in [6.07, 6.45) is 0. The lowest BCUT2D eigenvalue weighted by Gasteiger charge is -2.07. The van der Waals surface area contributed by atoms with Crippen molar-refractivity contribution in [3.05, 3.63) is 39.6 Å². The van der Waals surface area contributed by atoms with Gasteiger partial charge in [0.25, 0.3) is 0 Å². The van der Waals surface area contributed by atoms with Crippen molar-refractivity contribution in [2.24, 2.45) is 0 Å². The van der Waals surface area contributed by atoms with Crippen molar-refractivity contribution in [1.82, 2.24) is 20.1 Å². The molecule has 0 spiro atoms. The van der Waals surface area contributed by atoms with Crippen LogP contribution in [0.5, 0.6) is 0 Å². The van der Waals surface area contributed by atoms with Gasteiger partial charge in [0.15, 0.2) is 0 Å². The predicted octanol–water partition coefficient (Wildman–Crippen LogP) is 3.80. The zero-order chi connectivity index (χ0) is 16.3. The Hall–Kier alpha value is -1.79. The standard InChI is InChI=1S/C14H17Cl2N5O/c1-8(2)21-9(3)18-13(20-21)19-14(22)17-7-10-4-5-11(15)12(16)6-10/h4-6,8H,7H2,1-3H3,(H2,17,19,20,22). The highest BCUT2D eigenvalue weighted by atomic mass is 35.5. The van der Waals surface area contributed by atoms with Gasteiger partial charge in [-0.25, -0.2) is 9.48 Å². The molecule has 0 aliphatic heterocycles. The van der Waals surface area contributed by atoms with Gasteiger partial charge in [-0.15, -0.1) is 5.10 Å². The van der Waals surface area contributed by atoms with Crippen molar-refractivity contribution in [2.75, 3.05) is 5.32 Å². The van der Waals surface area contributed by atoms with E-state index in [0.717, 1.165) is 11.4 Å². The van der Waals surface area contributed by atoms with Crippen molar-refractivity contribution in [1.29, 1.82) is 0 Å². The summed E-state index contributed by atoms with van der Waals surface area (Å²) >= 11 is 11.8. The van der Waals surface area contributed by atoms with Crippen LogP contribution in [0, 0.1) is 6.92 Å². The first-order valence-electron chi connectivity index (χ1n) is 6.78. The molecule has 0 atom stereocenters. The second-order valence-electron chi connectivity index (χ2n) is 5.08. The first-order valence-corrected chi connectivity index (χ1v) is 7.54. The third kappa shape index (κ3) is 4.11. The summed E-state index contributed by atoms with van der Waals surface area (Å²) in [7, 11) is 0. The molecule has 0 aliphatic rings. The molecule has 0 saturated carbocycles. The van der Waals surface area contributed by atoms with Crippen LogP contribution in [0.3, 0.4) is 0 Å². The number of carbonyl (C=O) groups excluding carboxylic acids is 1. The lowest BCUT2D eigenvalue weighted by atomic mass is 10.2. The average Bonchev–Trinajstić information content (AvgIpc) is 2.81. The van der Waals surface area contributed by atoms with E-state index in [1.807, 2.05) is 20.8 Å². The van der Waals surface area contributed by atoms with E-state index < -0.39 is 0 Å². The van der Waals surface area contributed by atoms with Gasteiger partial charge in [-0.3, -0.25) is 5.32 Å². The van der Waals surface area contributed by atoms with Crippen LogP contribution in [0.4, 0.5) is 10.7 Å². The number of rotatable bonds is 4. The van der Waals surface area contributed by atoms with Crippen molar-refractivity contribution >= 4 is 35.2 Å². The predicted molar refractivity (Wildman–Crippen MR) is 87.5 cm³/mol. The van der Waals surface area contributed by atoms with Crippen LogP contribution in [0.15, 0.2) is 18.2 Å². The Morgan fingerprint density at radius 2 is 2.05 bits per heavy atom. The van der Waals surface area contributed by atoms with Crippen LogP contribution in [0.25, 0.3) is 0 Å². The van der Waals surface area contributed by atoms with Gasteiger partial charge in [-0.2, -0.15) is 4.98 Å². The molecular formula is C14H17Cl2N5O. The molecule has 0 saturated heterocycles. The van der Waals surface area contributed by atoms with E-state index in [0.29, 0.717) is 16.6 Å². The van der Waals surface area contributed by atoms with Gasteiger partial charge in [0.1, 0.15) is 5.82 Å². The summed E-state index contributed by atoms with van der Waals surface area (Å²) < 4.78 is 1.74. The number of hydrogen-bond donors (Lipinski definition) is 2. The Labute approximate surface area is 138 Å². The van der Waals surface area contributed by atoms with Crippen LogP contribution in [0.2, 0.25) is 10.0 Å². The number of aryl methyl sites for hydroxylation is 1. The number of carbonyl (C=O) groups is 1. The molecule has 1 aromatic carbocycles. The summed E-state index contributed by atoms with van der Waals surface area (Å²) in [6.45, 7) is 6.16. The Kier molecular flexibility index (Phi) is 5.26. The quantitative estimate of drug-likeness (QED) is 0.888. The minimum atomic E-state index is -0.382. The highest BCUT2D eigenvalue weighted by molar-refractivity contribution is 6.42. The molecule has 0 bridgehead atoms. The van der Waals surface area contributed by atoms with Gasteiger partial charge in [-0.05, 0) is 38.5 Å². The molecule has 1 aromatic heterocycles. The number of amides is 2. The van der Waals surface area contributed by atoms with Crippen LogP contribution < -0.4 is 10.6 Å². The maximum absolute atomic E-state index is 11.9. The van der Waals surface area contributed by atoms with E-state index in [-0.39, 0.29) is 18.0 Å². The molecule has 1 heterocycles. The number of nitrogens with one attached hydrogen (secondary N) is 2. The van der Waals surface area contributed by atoms with E-state index >= 15 is 0 Å². The first kappa shape index (κ1) is 16.6. The smallest absolute Gasteiger partial charge is 0.321 e. The molecule has 2 rings (SSSR count). The molecule has 0 fully saturated rings. The molecule has 2 aromatic rings. The van der Waals surface area contributed by atoms with Gasteiger partial charge < -0.3 is 5.32 Å². The normalized spacial score (nSPS) is 10.8. The molecule has 0 aliphatic carbocycles. The Morgan fingerprint density at radius 1 is 1.32 bits per heavy atom. The fourth-order valence-electron chi connectivity index (χ4n) is 1.92. The number of hydrogen-bond acceptors (Lipinski definition) is 3. The zero-order valence-electron chi connectivity index (χ0n) is 12.5. The van der Waals surface area contributed by atoms with Crippen molar-refractivity contribution in [3.8, 4) is 0 Å². The molecular weight excluding hydrogens is 325 g/mol. The Balaban J connectivity index is 1.93. The minimum absolute atomic E-state index is 0.183. The number of aromatic nitrogens is 3. The SMILES string of the molecule is Cc1nc(NC(=O)NCc2ccc(Cl)c(Cl)c2)nn1C(C)C. The monoisotopic (exact) mass is 341 g/mol. The number of anilines is 1. The number of halogens is 2. The summed E-state index contributed by atoms with van der Waals surface area (Å²) in [5.41, 5.74) is 0.849. The Bertz CT molecular complexity index is 684. The van der Waals surface area contributed by atoms with E-state index in [4.69, 9.17) is 23.2 Å². The molecule has 6 nitrogen and oxygen atoms in total. The molecule has 22 heavy (non-hydrogen) atoms. The Morgan fingerprint density at radius 3 is 2.64 bits per heavy atom. The number of nitrogens with zero attached hydrogens (tertiary/aromatic N) is 3. The zero-order valence-corrected chi connectivity index (χ0v) is 14.0. The fraction of sp³-hybridized carbons (Fsp3) is 0.357. The highest BCUT2D eigenvalue weighted by Gasteiger charge is 2.11. The first-order chi connectivity index (χ1) is 10.4. The molecule has 0 unspecified atom stereocenters. The lowest BCUT2D eigenvalue weighted by molar-refractivity contribution is 0.251. The van der Waals surface area contributed by atoms with Gasteiger partial charge in [0.05, 0.1) is 10.0 Å². The molecule has 0 radical (unpaired) electrons. The van der Waals surface area contributed by atoms with Crippen LogP contribution in [0.1, 0.15) is 31.3 Å². The maximum atomic E-state index is 11.9. The number of benzene rings is 1. The summed E-state index contributed by atoms with van der Waals surface area (Å²) in [4.78, 5) is 16.1. The molecule has 2 N–H and O–H groups in total. The number of urea groups is 1. The van der Waals surface area contributed by atoms with Gasteiger partial charge in [-0.1, -0.05) is 29.3 Å². The van der Waals surface area contributed by atoms with Crippen LogP contribution in [-0.4, -0.2) is 20.8 Å². The van der Waals surface area contributed by atoms with Crippen molar-refractivity contribution in [2.45, 2.75) is 33.4 Å². The summed E-state index contributed by atoms with van der Waals surface area (Å²) in [5.74, 6) is 1.02. The second-order valence-corrected chi connectivity index (χ2v) is 5.89. The summed E-state index contributed by atoms with van der Waals surface area (Å²) in [5, 5.41) is 10.5. The third-order valence-corrected chi connectivity index (χ3v) is 3.69. The average molecular weight is 342 g/mol. The van der Waals surface area contributed by atoms with Crippen molar-refractivity contribution in [3.63, 3.8) is 0 Å². The third-order valence-electron chi connectivity index (χ3n) is 2.95. The van der Waals surface area contributed by atoms with Crippen LogP contribution in [-0.2, 0) is 6.54 Å². The highest BCUT2D eigenvalue weighted by Crippen LogP contribution is 2.22. The van der Waals surface area contributed by atoms with E-state index in [9.17, 15) is 4.79 Å². The minimum Gasteiger partial charge on any atom is -0.334 e. The largest absolute Gasteiger partial charge is 0.334 e. The van der Waals surface area contributed by atoms with Crippen LogP contribution >= 0.6 is 23.2 Å². The molecule has 118 valence electrons. The van der Waals surface area contributed by atoms with E-state index in [2.05, 4.69) is 20.7 Å². The molecule has 2 amide bonds. The second kappa shape index (κ2) is 6.98. The van der Waals surface area contributed by atoms with Gasteiger partial charge in [0, 0.05) is 12.6 Å². The maximum Gasteiger partial charge on any atom is 0.321 e.